The van der Waals surface area contributed by atoms with Crippen molar-refractivity contribution in [2.24, 2.45) is 5.92 Å². The molecule has 2 unspecified atom stereocenters. The molecule has 1 amide bonds. The van der Waals surface area contributed by atoms with E-state index < -0.39 is 0 Å². The molecule has 1 aromatic heterocycles. The van der Waals surface area contributed by atoms with Crippen LogP contribution in [0.5, 0.6) is 0 Å². The fraction of sp³-hybridized carbons (Fsp3) is 0.556. The molecule has 3 rings (SSSR count). The van der Waals surface area contributed by atoms with E-state index in [2.05, 4.69) is 4.98 Å². The minimum atomic E-state index is 0.0738. The maximum absolute atomic E-state index is 10.6. The molecule has 0 radical (unpaired) electrons. The predicted molar refractivity (Wildman–Crippen MR) is 43.9 cm³/mol. The average molecular weight is 178 g/mol. The molecule has 68 valence electrons. The number of aromatic nitrogens is 1. The molecule has 2 heterocycles. The van der Waals surface area contributed by atoms with Crippen LogP contribution < -0.4 is 0 Å². The van der Waals surface area contributed by atoms with Gasteiger partial charge in [0, 0.05) is 13.1 Å². The molecule has 4 nitrogen and oxygen atoms in total. The first kappa shape index (κ1) is 7.12. The number of hydrogen-bond acceptors (Lipinski definition) is 3. The number of piperidine rings is 1. The van der Waals surface area contributed by atoms with Crippen molar-refractivity contribution in [2.45, 2.75) is 11.8 Å². The molecule has 4 heteroatoms. The van der Waals surface area contributed by atoms with Gasteiger partial charge in [-0.3, -0.25) is 4.79 Å². The molecular formula is C9H10N2O2. The highest BCUT2D eigenvalue weighted by molar-refractivity contribution is 5.50. The zero-order valence-electron chi connectivity index (χ0n) is 7.14. The maximum Gasteiger partial charge on any atom is 0.209 e. The minimum Gasteiger partial charge on any atom is -0.448 e. The summed E-state index contributed by atoms with van der Waals surface area (Å²) in [6.45, 7) is 1.65. The molecule has 0 spiro atoms. The second kappa shape index (κ2) is 2.13. The molecule has 1 saturated carbocycles. The Morgan fingerprint density at radius 1 is 1.77 bits per heavy atom. The van der Waals surface area contributed by atoms with E-state index in [1.807, 2.05) is 0 Å². The van der Waals surface area contributed by atoms with Crippen molar-refractivity contribution in [3.8, 4) is 0 Å². The normalized spacial score (nSPS) is 36.0. The third kappa shape index (κ3) is 0.802. The Kier molecular flexibility index (Phi) is 1.17. The Bertz CT molecular complexity index is 335. The first-order valence-electron chi connectivity index (χ1n) is 4.44. The Balaban J connectivity index is 1.90. The Hall–Kier alpha value is -1.32. The molecular weight excluding hydrogens is 168 g/mol. The molecule has 2 fully saturated rings. The highest BCUT2D eigenvalue weighted by Gasteiger charge is 2.63. The fourth-order valence-electron chi connectivity index (χ4n) is 2.40. The lowest BCUT2D eigenvalue weighted by molar-refractivity contribution is -0.117. The quantitative estimate of drug-likeness (QED) is 0.616. The van der Waals surface area contributed by atoms with Crippen LogP contribution in [-0.4, -0.2) is 29.4 Å². The summed E-state index contributed by atoms with van der Waals surface area (Å²) in [7, 11) is 0. The van der Waals surface area contributed by atoms with Crippen molar-refractivity contribution in [1.82, 2.24) is 9.88 Å². The van der Waals surface area contributed by atoms with E-state index in [0.717, 1.165) is 31.8 Å². The van der Waals surface area contributed by atoms with Crippen molar-refractivity contribution >= 4 is 6.41 Å². The van der Waals surface area contributed by atoms with E-state index in [1.165, 1.54) is 0 Å². The first-order valence-corrected chi connectivity index (χ1v) is 4.44. The summed E-state index contributed by atoms with van der Waals surface area (Å²) in [6, 6.07) is 0. The molecule has 1 saturated heterocycles. The number of carbonyl (C=O) groups is 1. The number of carbonyl (C=O) groups excluding carboxylic acids is 1. The second-order valence-corrected chi connectivity index (χ2v) is 3.93. The molecule has 2 aliphatic rings. The largest absolute Gasteiger partial charge is 0.448 e. The third-order valence-corrected chi connectivity index (χ3v) is 3.18. The van der Waals surface area contributed by atoms with Crippen LogP contribution in [0.1, 0.15) is 12.3 Å². The van der Waals surface area contributed by atoms with Gasteiger partial charge in [-0.25, -0.2) is 4.98 Å². The highest BCUT2D eigenvalue weighted by atomic mass is 16.3. The Morgan fingerprint density at radius 3 is 3.31 bits per heavy atom. The Labute approximate surface area is 75.5 Å². The number of hydrogen-bond donors (Lipinski definition) is 0. The summed E-state index contributed by atoms with van der Waals surface area (Å²) in [5.74, 6) is 1.39. The van der Waals surface area contributed by atoms with E-state index in [4.69, 9.17) is 4.42 Å². The van der Waals surface area contributed by atoms with E-state index in [9.17, 15) is 4.79 Å². The lowest BCUT2D eigenvalue weighted by Crippen LogP contribution is -2.25. The van der Waals surface area contributed by atoms with Gasteiger partial charge in [0.25, 0.3) is 0 Å². The fourth-order valence-corrected chi connectivity index (χ4v) is 2.40. The van der Waals surface area contributed by atoms with Gasteiger partial charge in [0.05, 0.1) is 11.6 Å². The standard InChI is InChI=1S/C9H10N2O2/c12-6-11-4-7-3-9(7,5-11)8-10-1-2-13-8/h1-2,6-7H,3-5H2. The minimum absolute atomic E-state index is 0.0738. The monoisotopic (exact) mass is 178 g/mol. The van der Waals surface area contributed by atoms with Gasteiger partial charge in [-0.2, -0.15) is 0 Å². The van der Waals surface area contributed by atoms with Crippen LogP contribution in [0.3, 0.4) is 0 Å². The van der Waals surface area contributed by atoms with Crippen molar-refractivity contribution in [3.63, 3.8) is 0 Å². The zero-order chi connectivity index (χ0) is 8.89. The van der Waals surface area contributed by atoms with E-state index >= 15 is 0 Å². The van der Waals surface area contributed by atoms with Gasteiger partial charge in [-0.1, -0.05) is 0 Å². The maximum atomic E-state index is 10.6. The molecule has 0 N–H and O–H groups in total. The molecule has 2 atom stereocenters. The van der Waals surface area contributed by atoms with Gasteiger partial charge in [-0.15, -0.1) is 0 Å². The zero-order valence-corrected chi connectivity index (χ0v) is 7.14. The first-order chi connectivity index (χ1) is 6.35. The van der Waals surface area contributed by atoms with Gasteiger partial charge >= 0.3 is 0 Å². The van der Waals surface area contributed by atoms with E-state index in [0.29, 0.717) is 5.92 Å². The summed E-state index contributed by atoms with van der Waals surface area (Å²) in [5, 5.41) is 0. The number of amides is 1. The van der Waals surface area contributed by atoms with Crippen molar-refractivity contribution in [3.05, 3.63) is 18.4 Å². The number of oxazole rings is 1. The summed E-state index contributed by atoms with van der Waals surface area (Å²) in [5.41, 5.74) is 0.0738. The van der Waals surface area contributed by atoms with Gasteiger partial charge < -0.3 is 9.32 Å². The van der Waals surface area contributed by atoms with Crippen molar-refractivity contribution < 1.29 is 9.21 Å². The molecule has 1 aromatic rings. The summed E-state index contributed by atoms with van der Waals surface area (Å²) in [4.78, 5) is 16.5. The topological polar surface area (TPSA) is 46.3 Å². The number of rotatable bonds is 2. The third-order valence-electron chi connectivity index (χ3n) is 3.18. The second-order valence-electron chi connectivity index (χ2n) is 3.93. The summed E-state index contributed by atoms with van der Waals surface area (Å²) in [6.07, 6.45) is 5.31. The van der Waals surface area contributed by atoms with Gasteiger partial charge in [0.2, 0.25) is 12.3 Å². The average Bonchev–Trinajstić information content (AvgIpc) is 2.65. The van der Waals surface area contributed by atoms with Crippen LogP contribution >= 0.6 is 0 Å². The van der Waals surface area contributed by atoms with Gasteiger partial charge in [0.15, 0.2) is 0 Å². The highest BCUT2D eigenvalue weighted by Crippen LogP contribution is 2.58. The predicted octanol–water partition coefficient (Wildman–Crippen LogP) is 0.404. The van der Waals surface area contributed by atoms with Crippen molar-refractivity contribution in [1.29, 1.82) is 0 Å². The van der Waals surface area contributed by atoms with Crippen molar-refractivity contribution in [2.75, 3.05) is 13.1 Å². The van der Waals surface area contributed by atoms with E-state index in [-0.39, 0.29) is 5.41 Å². The number of fused-ring (bicyclic) bond motifs is 1. The molecule has 1 aliphatic heterocycles. The number of likely N-dealkylation sites (tertiary alicyclic amines) is 1. The SMILES string of the molecule is O=CN1CC2CC2(c2ncco2)C1. The van der Waals surface area contributed by atoms with Crippen LogP contribution in [0, 0.1) is 5.92 Å². The molecule has 0 aromatic carbocycles. The number of nitrogens with zero attached hydrogens (tertiary/aromatic N) is 2. The van der Waals surface area contributed by atoms with Crippen LogP contribution in [0.25, 0.3) is 0 Å². The Morgan fingerprint density at radius 2 is 2.69 bits per heavy atom. The van der Waals surface area contributed by atoms with Gasteiger partial charge in [-0.05, 0) is 12.3 Å². The summed E-state index contributed by atoms with van der Waals surface area (Å²) >= 11 is 0. The molecule has 0 bridgehead atoms. The van der Waals surface area contributed by atoms with Crippen LogP contribution in [0.15, 0.2) is 16.9 Å². The van der Waals surface area contributed by atoms with E-state index in [1.54, 1.807) is 17.4 Å². The van der Waals surface area contributed by atoms with Gasteiger partial charge in [0.1, 0.15) is 6.26 Å². The van der Waals surface area contributed by atoms with Crippen LogP contribution in [0.4, 0.5) is 0 Å². The summed E-state index contributed by atoms with van der Waals surface area (Å²) < 4.78 is 5.30. The molecule has 13 heavy (non-hydrogen) atoms. The smallest absolute Gasteiger partial charge is 0.209 e. The lowest BCUT2D eigenvalue weighted by Gasteiger charge is -2.13. The van der Waals surface area contributed by atoms with Crippen LogP contribution in [0.2, 0.25) is 0 Å². The molecule has 1 aliphatic carbocycles. The lowest BCUT2D eigenvalue weighted by atomic mass is 10.1. The van der Waals surface area contributed by atoms with Crippen LogP contribution in [-0.2, 0) is 10.2 Å².